The van der Waals surface area contributed by atoms with Gasteiger partial charge >= 0.3 is 5.69 Å². The van der Waals surface area contributed by atoms with E-state index in [2.05, 4.69) is 9.97 Å². The van der Waals surface area contributed by atoms with Gasteiger partial charge in [-0.15, -0.1) is 0 Å². The standard InChI is InChI=1S/C24H26N8O5S/c1-28-21-19(22(34)29(2)24(28)35)31(14-26-21)12-17(33)32(10-5-9-30-11-8-25-13-30)23-27-18-15(36-3)6-7-16(37-4)20(18)38-23/h6-8,11,13-14H,5,9-10,12H2,1-4H3. The van der Waals surface area contributed by atoms with E-state index in [1.54, 1.807) is 43.8 Å². The molecule has 0 aliphatic rings. The van der Waals surface area contributed by atoms with Crippen LogP contribution in [0, 0.1) is 0 Å². The van der Waals surface area contributed by atoms with Crippen LogP contribution in [0.5, 0.6) is 11.5 Å². The summed E-state index contributed by atoms with van der Waals surface area (Å²) in [5, 5.41) is 0.475. The predicted octanol–water partition coefficient (Wildman–Crippen LogP) is 1.38. The van der Waals surface area contributed by atoms with E-state index in [1.165, 1.54) is 40.9 Å². The number of methoxy groups -OCH3 is 2. The Balaban J connectivity index is 1.53. The lowest BCUT2D eigenvalue weighted by atomic mass is 10.3. The number of benzene rings is 1. The fraction of sp³-hybridized carbons (Fsp3) is 0.333. The lowest BCUT2D eigenvalue weighted by Gasteiger charge is -2.20. The molecule has 1 aromatic carbocycles. The predicted molar refractivity (Wildman–Crippen MR) is 142 cm³/mol. The molecule has 0 bridgehead atoms. The Morgan fingerprint density at radius 2 is 1.84 bits per heavy atom. The maximum absolute atomic E-state index is 13.8. The van der Waals surface area contributed by atoms with E-state index in [0.717, 1.165) is 9.27 Å². The number of carbonyl (C=O) groups is 1. The summed E-state index contributed by atoms with van der Waals surface area (Å²) in [5.74, 6) is 0.905. The summed E-state index contributed by atoms with van der Waals surface area (Å²) in [5.41, 5.74) is -0.0238. The van der Waals surface area contributed by atoms with Crippen molar-refractivity contribution in [1.82, 2.24) is 33.2 Å². The summed E-state index contributed by atoms with van der Waals surface area (Å²) < 4.78 is 17.4. The average Bonchev–Trinajstić information content (AvgIpc) is 3.68. The van der Waals surface area contributed by atoms with Crippen LogP contribution in [0.3, 0.4) is 0 Å². The second kappa shape index (κ2) is 10.1. The van der Waals surface area contributed by atoms with Crippen molar-refractivity contribution in [2.45, 2.75) is 19.5 Å². The number of fused-ring (bicyclic) bond motifs is 2. The molecule has 14 heteroatoms. The molecule has 0 aliphatic heterocycles. The normalized spacial score (nSPS) is 11.4. The van der Waals surface area contributed by atoms with Crippen LogP contribution >= 0.6 is 11.3 Å². The summed E-state index contributed by atoms with van der Waals surface area (Å²) in [4.78, 5) is 53.6. The molecule has 198 valence electrons. The zero-order valence-corrected chi connectivity index (χ0v) is 22.1. The molecule has 0 saturated carbocycles. The van der Waals surface area contributed by atoms with Gasteiger partial charge in [-0.3, -0.25) is 23.6 Å². The topological polar surface area (TPSA) is 131 Å². The van der Waals surface area contributed by atoms with Crippen molar-refractivity contribution < 1.29 is 14.3 Å². The van der Waals surface area contributed by atoms with Gasteiger partial charge in [-0.25, -0.2) is 19.7 Å². The lowest BCUT2D eigenvalue weighted by Crippen LogP contribution is -2.39. The maximum atomic E-state index is 13.8. The van der Waals surface area contributed by atoms with Crippen LogP contribution in [0.15, 0.2) is 46.8 Å². The molecule has 4 heterocycles. The number of amides is 1. The van der Waals surface area contributed by atoms with Gasteiger partial charge in [-0.05, 0) is 18.6 Å². The minimum absolute atomic E-state index is 0.167. The van der Waals surface area contributed by atoms with E-state index in [9.17, 15) is 14.4 Å². The van der Waals surface area contributed by atoms with Crippen LogP contribution < -0.4 is 25.6 Å². The van der Waals surface area contributed by atoms with Gasteiger partial charge < -0.3 is 18.6 Å². The molecule has 1 amide bonds. The zero-order valence-electron chi connectivity index (χ0n) is 21.3. The third-order valence-corrected chi connectivity index (χ3v) is 7.40. The lowest BCUT2D eigenvalue weighted by molar-refractivity contribution is -0.119. The molecule has 38 heavy (non-hydrogen) atoms. The second-order valence-corrected chi connectivity index (χ2v) is 9.57. The first-order valence-electron chi connectivity index (χ1n) is 11.7. The number of ether oxygens (including phenoxy) is 2. The number of rotatable bonds is 9. The summed E-state index contributed by atoms with van der Waals surface area (Å²) in [6, 6.07) is 3.57. The molecule has 5 rings (SSSR count). The Morgan fingerprint density at radius 1 is 1.08 bits per heavy atom. The number of aryl methyl sites for hydroxylation is 2. The van der Waals surface area contributed by atoms with Gasteiger partial charge in [0.25, 0.3) is 5.56 Å². The van der Waals surface area contributed by atoms with E-state index in [0.29, 0.717) is 41.7 Å². The van der Waals surface area contributed by atoms with Crippen molar-refractivity contribution in [2.75, 3.05) is 25.7 Å². The molecule has 0 N–H and O–H groups in total. The van der Waals surface area contributed by atoms with Crippen LogP contribution in [-0.4, -0.2) is 59.9 Å². The van der Waals surface area contributed by atoms with Gasteiger partial charge in [0.1, 0.15) is 28.3 Å². The molecule has 0 fully saturated rings. The SMILES string of the molecule is COc1ccc(OC)c2sc(N(CCCn3ccnc3)C(=O)Cn3cnc4c3c(=O)n(C)c(=O)n4C)nc12. The van der Waals surface area contributed by atoms with Crippen LogP contribution in [0.1, 0.15) is 6.42 Å². The van der Waals surface area contributed by atoms with E-state index in [-0.39, 0.29) is 23.6 Å². The summed E-state index contributed by atoms with van der Waals surface area (Å²) in [6.07, 6.45) is 7.31. The first-order valence-corrected chi connectivity index (χ1v) is 12.5. The summed E-state index contributed by atoms with van der Waals surface area (Å²) in [6.45, 7) is 0.849. The van der Waals surface area contributed by atoms with Crippen LogP contribution in [0.2, 0.25) is 0 Å². The van der Waals surface area contributed by atoms with Crippen LogP contribution in [0.25, 0.3) is 21.4 Å². The highest BCUT2D eigenvalue weighted by Gasteiger charge is 2.24. The van der Waals surface area contributed by atoms with Gasteiger partial charge in [0.2, 0.25) is 5.91 Å². The zero-order chi connectivity index (χ0) is 27.0. The average molecular weight is 539 g/mol. The van der Waals surface area contributed by atoms with E-state index < -0.39 is 11.2 Å². The highest BCUT2D eigenvalue weighted by atomic mass is 32.1. The Hall–Kier alpha value is -4.46. The third-order valence-electron chi connectivity index (χ3n) is 6.31. The largest absolute Gasteiger partial charge is 0.495 e. The van der Waals surface area contributed by atoms with Crippen molar-refractivity contribution >= 4 is 43.8 Å². The van der Waals surface area contributed by atoms with Crippen molar-refractivity contribution in [3.63, 3.8) is 0 Å². The summed E-state index contributed by atoms with van der Waals surface area (Å²) in [7, 11) is 6.07. The molecular weight excluding hydrogens is 512 g/mol. The Kier molecular flexibility index (Phi) is 6.72. The fourth-order valence-corrected chi connectivity index (χ4v) is 5.41. The van der Waals surface area contributed by atoms with Crippen molar-refractivity contribution in [3.8, 4) is 11.5 Å². The number of anilines is 1. The molecule has 0 aliphatic carbocycles. The van der Waals surface area contributed by atoms with Gasteiger partial charge in [0, 0.05) is 39.6 Å². The number of hydrogen-bond acceptors (Lipinski definition) is 9. The molecule has 4 aromatic heterocycles. The maximum Gasteiger partial charge on any atom is 0.332 e. The number of imidazole rings is 2. The van der Waals surface area contributed by atoms with Crippen molar-refractivity contribution in [3.05, 3.63) is 58.0 Å². The summed E-state index contributed by atoms with van der Waals surface area (Å²) >= 11 is 1.32. The molecule has 0 radical (unpaired) electrons. The van der Waals surface area contributed by atoms with E-state index in [1.807, 2.05) is 10.8 Å². The molecule has 0 unspecified atom stereocenters. The first-order chi connectivity index (χ1) is 18.3. The van der Waals surface area contributed by atoms with E-state index >= 15 is 0 Å². The molecular formula is C24H26N8O5S. The number of nitrogens with zero attached hydrogens (tertiary/aromatic N) is 8. The Bertz CT molecular complexity index is 1710. The number of hydrogen-bond donors (Lipinski definition) is 0. The molecule has 5 aromatic rings. The fourth-order valence-electron chi connectivity index (χ4n) is 4.30. The number of thiazole rings is 1. The molecule has 0 spiro atoms. The van der Waals surface area contributed by atoms with Crippen LogP contribution in [0.4, 0.5) is 5.13 Å². The highest BCUT2D eigenvalue weighted by Crippen LogP contribution is 2.40. The van der Waals surface area contributed by atoms with Crippen LogP contribution in [-0.2, 0) is 32.0 Å². The van der Waals surface area contributed by atoms with Gasteiger partial charge in [-0.2, -0.15) is 0 Å². The van der Waals surface area contributed by atoms with Crippen molar-refractivity contribution in [2.24, 2.45) is 14.1 Å². The smallest absolute Gasteiger partial charge is 0.332 e. The number of carbonyl (C=O) groups excluding carboxylic acids is 1. The first kappa shape index (κ1) is 25.2. The molecule has 0 saturated heterocycles. The van der Waals surface area contributed by atoms with Gasteiger partial charge in [0.05, 0.1) is 26.9 Å². The highest BCUT2D eigenvalue weighted by molar-refractivity contribution is 7.22. The van der Waals surface area contributed by atoms with Gasteiger partial charge in [0.15, 0.2) is 16.3 Å². The Morgan fingerprint density at radius 3 is 2.55 bits per heavy atom. The quantitative estimate of drug-likeness (QED) is 0.275. The molecule has 13 nitrogen and oxygen atoms in total. The van der Waals surface area contributed by atoms with Gasteiger partial charge in [-0.1, -0.05) is 11.3 Å². The number of aromatic nitrogens is 7. The molecule has 0 atom stereocenters. The third kappa shape index (κ3) is 4.32. The second-order valence-electron chi connectivity index (χ2n) is 8.59. The minimum atomic E-state index is -0.519. The van der Waals surface area contributed by atoms with E-state index in [4.69, 9.17) is 14.5 Å². The van der Waals surface area contributed by atoms with Crippen molar-refractivity contribution in [1.29, 1.82) is 0 Å². The monoisotopic (exact) mass is 538 g/mol. The Labute approximate surface area is 220 Å². The minimum Gasteiger partial charge on any atom is -0.495 e.